The topological polar surface area (TPSA) is 38.7 Å². The van der Waals surface area contributed by atoms with Crippen molar-refractivity contribution < 1.29 is 14.6 Å². The molecule has 0 aromatic carbocycles. The summed E-state index contributed by atoms with van der Waals surface area (Å²) in [6, 6.07) is 0. The van der Waals surface area contributed by atoms with Gasteiger partial charge in [-0.05, 0) is 48.9 Å². The molecule has 3 heteroatoms. The first-order valence-electron chi connectivity index (χ1n) is 7.39. The lowest BCUT2D eigenvalue weighted by atomic mass is 9.52. The fourth-order valence-corrected chi connectivity index (χ4v) is 3.50. The Hall–Kier alpha value is -0.120. The van der Waals surface area contributed by atoms with Crippen molar-refractivity contribution in [1.82, 2.24) is 0 Å². The summed E-state index contributed by atoms with van der Waals surface area (Å²) in [5, 5.41) is 9.27. The molecule has 1 heterocycles. The molecule has 2 fully saturated rings. The van der Waals surface area contributed by atoms with E-state index < -0.39 is 0 Å². The lowest BCUT2D eigenvalue weighted by Crippen LogP contribution is -2.50. The molecule has 1 saturated carbocycles. The van der Waals surface area contributed by atoms with E-state index >= 15 is 0 Å². The molecule has 4 unspecified atom stereocenters. The average Bonchev–Trinajstić information content (AvgIpc) is 2.38. The van der Waals surface area contributed by atoms with Crippen molar-refractivity contribution in [3.8, 4) is 0 Å². The quantitative estimate of drug-likeness (QED) is 0.822. The molecule has 0 amide bonds. The molecule has 4 atom stereocenters. The average molecular weight is 256 g/mol. The molecule has 0 aromatic heterocycles. The first-order chi connectivity index (χ1) is 8.55. The highest BCUT2D eigenvalue weighted by molar-refractivity contribution is 4.98. The Morgan fingerprint density at radius 3 is 2.72 bits per heavy atom. The second-order valence-corrected chi connectivity index (χ2v) is 6.65. The maximum absolute atomic E-state index is 9.27. The molecule has 0 bridgehead atoms. The normalized spacial score (nSPS) is 37.0. The van der Waals surface area contributed by atoms with Gasteiger partial charge in [-0.15, -0.1) is 0 Å². The van der Waals surface area contributed by atoms with Crippen molar-refractivity contribution in [3.05, 3.63) is 0 Å². The zero-order valence-corrected chi connectivity index (χ0v) is 12.0. The molecular weight excluding hydrogens is 228 g/mol. The van der Waals surface area contributed by atoms with Gasteiger partial charge in [0.05, 0.1) is 6.61 Å². The standard InChI is InChI=1S/C15H28O3/c1-11(9-16)13-8-12(15(13,2)3)10-18-14-6-4-5-7-17-14/h11-14,16H,4-10H2,1-3H3. The van der Waals surface area contributed by atoms with Crippen molar-refractivity contribution >= 4 is 0 Å². The van der Waals surface area contributed by atoms with Crippen LogP contribution in [-0.2, 0) is 9.47 Å². The van der Waals surface area contributed by atoms with Crippen LogP contribution in [0.2, 0.25) is 0 Å². The zero-order valence-electron chi connectivity index (χ0n) is 12.0. The van der Waals surface area contributed by atoms with Crippen LogP contribution in [0.15, 0.2) is 0 Å². The molecule has 2 rings (SSSR count). The van der Waals surface area contributed by atoms with E-state index in [1.807, 2.05) is 0 Å². The monoisotopic (exact) mass is 256 g/mol. The fourth-order valence-electron chi connectivity index (χ4n) is 3.50. The Kier molecular flexibility index (Phi) is 4.68. The number of ether oxygens (including phenoxy) is 2. The molecular formula is C15H28O3. The van der Waals surface area contributed by atoms with Crippen molar-refractivity contribution in [2.24, 2.45) is 23.2 Å². The van der Waals surface area contributed by atoms with Gasteiger partial charge in [-0.3, -0.25) is 0 Å². The zero-order chi connectivity index (χ0) is 13.2. The van der Waals surface area contributed by atoms with E-state index in [0.29, 0.717) is 24.4 Å². The molecule has 0 spiro atoms. The van der Waals surface area contributed by atoms with Crippen LogP contribution in [0.4, 0.5) is 0 Å². The van der Waals surface area contributed by atoms with Crippen LogP contribution in [-0.4, -0.2) is 31.2 Å². The summed E-state index contributed by atoms with van der Waals surface area (Å²) in [7, 11) is 0. The van der Waals surface area contributed by atoms with E-state index in [1.165, 1.54) is 19.3 Å². The highest BCUT2D eigenvalue weighted by atomic mass is 16.7. The van der Waals surface area contributed by atoms with Gasteiger partial charge in [-0.1, -0.05) is 20.8 Å². The molecule has 1 saturated heterocycles. The predicted molar refractivity (Wildman–Crippen MR) is 71.2 cm³/mol. The molecule has 2 aliphatic rings. The van der Waals surface area contributed by atoms with E-state index in [9.17, 15) is 5.11 Å². The molecule has 1 aliphatic carbocycles. The van der Waals surface area contributed by atoms with E-state index in [2.05, 4.69) is 20.8 Å². The number of aliphatic hydroxyl groups excluding tert-OH is 1. The third-order valence-electron chi connectivity index (χ3n) is 5.14. The molecule has 0 aromatic rings. The smallest absolute Gasteiger partial charge is 0.157 e. The van der Waals surface area contributed by atoms with E-state index in [0.717, 1.165) is 19.6 Å². The Morgan fingerprint density at radius 1 is 1.39 bits per heavy atom. The van der Waals surface area contributed by atoms with Crippen molar-refractivity contribution in [1.29, 1.82) is 0 Å². The van der Waals surface area contributed by atoms with Crippen molar-refractivity contribution in [2.75, 3.05) is 19.8 Å². The maximum Gasteiger partial charge on any atom is 0.157 e. The number of hydrogen-bond acceptors (Lipinski definition) is 3. The fraction of sp³-hybridized carbons (Fsp3) is 1.00. The van der Waals surface area contributed by atoms with E-state index in [-0.39, 0.29) is 11.7 Å². The largest absolute Gasteiger partial charge is 0.396 e. The maximum atomic E-state index is 9.27. The highest BCUT2D eigenvalue weighted by Crippen LogP contribution is 2.54. The van der Waals surface area contributed by atoms with Crippen LogP contribution in [0.3, 0.4) is 0 Å². The summed E-state index contributed by atoms with van der Waals surface area (Å²) in [6.45, 7) is 8.72. The van der Waals surface area contributed by atoms with Crippen molar-refractivity contribution in [3.63, 3.8) is 0 Å². The van der Waals surface area contributed by atoms with Gasteiger partial charge in [0.1, 0.15) is 0 Å². The van der Waals surface area contributed by atoms with Gasteiger partial charge >= 0.3 is 0 Å². The highest BCUT2D eigenvalue weighted by Gasteiger charge is 2.49. The van der Waals surface area contributed by atoms with E-state index in [4.69, 9.17) is 9.47 Å². The van der Waals surface area contributed by atoms with Gasteiger partial charge in [0.15, 0.2) is 6.29 Å². The lowest BCUT2D eigenvalue weighted by molar-refractivity contribution is -0.195. The predicted octanol–water partition coefficient (Wildman–Crippen LogP) is 2.82. The first kappa shape index (κ1) is 14.3. The first-order valence-corrected chi connectivity index (χ1v) is 7.39. The van der Waals surface area contributed by atoms with Crippen LogP contribution < -0.4 is 0 Å². The van der Waals surface area contributed by atoms with Gasteiger partial charge in [0.25, 0.3) is 0 Å². The van der Waals surface area contributed by atoms with Crippen LogP contribution in [0.25, 0.3) is 0 Å². The number of hydrogen-bond donors (Lipinski definition) is 1. The summed E-state index contributed by atoms with van der Waals surface area (Å²) in [4.78, 5) is 0. The molecule has 18 heavy (non-hydrogen) atoms. The molecule has 0 radical (unpaired) electrons. The molecule has 1 aliphatic heterocycles. The van der Waals surface area contributed by atoms with Gasteiger partial charge in [0.2, 0.25) is 0 Å². The lowest BCUT2D eigenvalue weighted by Gasteiger charge is -2.54. The third-order valence-corrected chi connectivity index (χ3v) is 5.14. The SMILES string of the molecule is CC(CO)C1CC(COC2CCCCO2)C1(C)C. The summed E-state index contributed by atoms with van der Waals surface area (Å²) >= 11 is 0. The molecule has 3 nitrogen and oxygen atoms in total. The third kappa shape index (κ3) is 2.89. The molecule has 1 N–H and O–H groups in total. The molecule has 106 valence electrons. The minimum atomic E-state index is 0.0314. The number of aliphatic hydroxyl groups is 1. The van der Waals surface area contributed by atoms with Crippen LogP contribution >= 0.6 is 0 Å². The Bertz CT molecular complexity index is 258. The van der Waals surface area contributed by atoms with Gasteiger partial charge in [0, 0.05) is 13.2 Å². The van der Waals surface area contributed by atoms with E-state index in [1.54, 1.807) is 0 Å². The van der Waals surface area contributed by atoms with Gasteiger partial charge in [-0.25, -0.2) is 0 Å². The Labute approximate surface area is 111 Å². The summed E-state index contributed by atoms with van der Waals surface area (Å²) in [5.74, 6) is 1.65. The minimum Gasteiger partial charge on any atom is -0.396 e. The Morgan fingerprint density at radius 2 is 2.17 bits per heavy atom. The minimum absolute atomic E-state index is 0.0314. The summed E-state index contributed by atoms with van der Waals surface area (Å²) < 4.78 is 11.5. The van der Waals surface area contributed by atoms with Gasteiger partial charge < -0.3 is 14.6 Å². The van der Waals surface area contributed by atoms with Crippen LogP contribution in [0.5, 0.6) is 0 Å². The Balaban J connectivity index is 1.74. The number of rotatable bonds is 5. The van der Waals surface area contributed by atoms with Crippen molar-refractivity contribution in [2.45, 2.75) is 52.7 Å². The summed E-state index contributed by atoms with van der Waals surface area (Å²) in [6.07, 6.45) is 4.66. The van der Waals surface area contributed by atoms with Crippen LogP contribution in [0, 0.1) is 23.2 Å². The van der Waals surface area contributed by atoms with Crippen LogP contribution in [0.1, 0.15) is 46.5 Å². The second-order valence-electron chi connectivity index (χ2n) is 6.65. The van der Waals surface area contributed by atoms with Gasteiger partial charge in [-0.2, -0.15) is 0 Å². The summed E-state index contributed by atoms with van der Waals surface area (Å²) in [5.41, 5.74) is 0.289. The second kappa shape index (κ2) is 5.89.